The summed E-state index contributed by atoms with van der Waals surface area (Å²) in [4.78, 5) is 21.8. The Balaban J connectivity index is 2.98. The van der Waals surface area contributed by atoms with E-state index in [-0.39, 0.29) is 0 Å². The number of hydrogen-bond acceptors (Lipinski definition) is 4. The summed E-state index contributed by atoms with van der Waals surface area (Å²) >= 11 is 0. The van der Waals surface area contributed by atoms with E-state index in [1.54, 1.807) is 12.1 Å². The largest absolute Gasteiger partial charge is 0.491 e. The van der Waals surface area contributed by atoms with E-state index in [2.05, 4.69) is 10.1 Å². The van der Waals surface area contributed by atoms with Crippen LogP contribution in [0.4, 0.5) is 5.69 Å². The topological polar surface area (TPSA) is 64.6 Å². The molecule has 5 heteroatoms. The summed E-state index contributed by atoms with van der Waals surface area (Å²) in [5.74, 6) is 0.0765. The van der Waals surface area contributed by atoms with Gasteiger partial charge in [0.25, 0.3) is 0 Å². The predicted molar refractivity (Wildman–Crippen MR) is 63.3 cm³/mol. The van der Waals surface area contributed by atoms with Gasteiger partial charge in [0, 0.05) is 0 Å². The fourth-order valence-corrected chi connectivity index (χ4v) is 1.29. The minimum absolute atomic E-state index is 0.362. The van der Waals surface area contributed by atoms with Gasteiger partial charge in [-0.05, 0) is 24.6 Å². The summed E-state index contributed by atoms with van der Waals surface area (Å²) < 4.78 is 10.0. The molecule has 0 aromatic heterocycles. The summed E-state index contributed by atoms with van der Waals surface area (Å²) in [7, 11) is 1.30. The number of carbonyl (C=O) groups is 2. The van der Waals surface area contributed by atoms with Gasteiger partial charge < -0.3 is 14.8 Å². The monoisotopic (exact) mass is 237 g/mol. The van der Waals surface area contributed by atoms with Gasteiger partial charge in [-0.15, -0.1) is 0 Å². The second-order valence-corrected chi connectivity index (χ2v) is 3.31. The lowest BCUT2D eigenvalue weighted by Gasteiger charge is -2.11. The number of esters is 1. The molecule has 0 aliphatic heterocycles. The number of anilines is 1. The Morgan fingerprint density at radius 3 is 2.82 bits per heavy atom. The third-order valence-electron chi connectivity index (χ3n) is 2.08. The Bertz CT molecular complexity index is 403. The number of nitrogens with one attached hydrogen (secondary N) is 1. The van der Waals surface area contributed by atoms with Crippen LogP contribution in [0.3, 0.4) is 0 Å². The molecule has 0 aliphatic carbocycles. The number of hydrogen-bond donors (Lipinski definition) is 1. The molecule has 92 valence electrons. The van der Waals surface area contributed by atoms with E-state index in [9.17, 15) is 9.59 Å². The van der Waals surface area contributed by atoms with Crippen LogP contribution in [0.2, 0.25) is 0 Å². The van der Waals surface area contributed by atoms with Gasteiger partial charge in [0.05, 0.1) is 25.0 Å². The smallest absolute Gasteiger partial charge is 0.337 e. The van der Waals surface area contributed by atoms with Crippen molar-refractivity contribution in [1.82, 2.24) is 0 Å². The molecule has 5 nitrogen and oxygen atoms in total. The van der Waals surface area contributed by atoms with Gasteiger partial charge in [-0.25, -0.2) is 4.79 Å². The summed E-state index contributed by atoms with van der Waals surface area (Å²) in [5, 5.41) is 2.49. The summed E-state index contributed by atoms with van der Waals surface area (Å²) in [6.45, 7) is 2.53. The molecule has 0 saturated heterocycles. The zero-order chi connectivity index (χ0) is 12.7. The van der Waals surface area contributed by atoms with Crippen LogP contribution in [0.5, 0.6) is 5.75 Å². The minimum Gasteiger partial charge on any atom is -0.491 e. The third-order valence-corrected chi connectivity index (χ3v) is 2.08. The van der Waals surface area contributed by atoms with E-state index in [4.69, 9.17) is 4.74 Å². The van der Waals surface area contributed by atoms with Crippen LogP contribution in [0, 0.1) is 0 Å². The number of amides is 1. The van der Waals surface area contributed by atoms with Crippen LogP contribution >= 0.6 is 0 Å². The quantitative estimate of drug-likeness (QED) is 0.605. The average molecular weight is 237 g/mol. The first kappa shape index (κ1) is 13.0. The van der Waals surface area contributed by atoms with Gasteiger partial charge in [-0.1, -0.05) is 6.92 Å². The number of benzene rings is 1. The Kier molecular flexibility index (Phi) is 5.00. The third kappa shape index (κ3) is 3.48. The van der Waals surface area contributed by atoms with E-state index >= 15 is 0 Å². The molecular weight excluding hydrogens is 222 g/mol. The van der Waals surface area contributed by atoms with E-state index in [1.807, 2.05) is 6.92 Å². The SMILES string of the molecule is CCCOc1ccc(C(=O)OC)cc1NC=O. The van der Waals surface area contributed by atoms with Gasteiger partial charge in [-0.2, -0.15) is 0 Å². The van der Waals surface area contributed by atoms with E-state index in [1.165, 1.54) is 13.2 Å². The molecule has 0 fully saturated rings. The highest BCUT2D eigenvalue weighted by molar-refractivity contribution is 5.92. The van der Waals surface area contributed by atoms with Crippen molar-refractivity contribution in [2.24, 2.45) is 0 Å². The molecule has 17 heavy (non-hydrogen) atoms. The predicted octanol–water partition coefficient (Wildman–Crippen LogP) is 1.83. The zero-order valence-corrected chi connectivity index (χ0v) is 9.86. The molecule has 1 amide bonds. The normalized spacial score (nSPS) is 9.53. The Morgan fingerprint density at radius 1 is 1.47 bits per heavy atom. The maximum Gasteiger partial charge on any atom is 0.337 e. The molecule has 0 radical (unpaired) electrons. The second-order valence-electron chi connectivity index (χ2n) is 3.31. The van der Waals surface area contributed by atoms with Crippen molar-refractivity contribution in [3.8, 4) is 5.75 Å². The maximum atomic E-state index is 11.3. The summed E-state index contributed by atoms with van der Waals surface area (Å²) in [6.07, 6.45) is 1.40. The lowest BCUT2D eigenvalue weighted by atomic mass is 10.2. The first-order valence-corrected chi connectivity index (χ1v) is 5.28. The highest BCUT2D eigenvalue weighted by Crippen LogP contribution is 2.25. The van der Waals surface area contributed by atoms with Gasteiger partial charge in [0.2, 0.25) is 6.41 Å². The maximum absolute atomic E-state index is 11.3. The molecule has 1 N–H and O–H groups in total. The minimum atomic E-state index is -0.457. The van der Waals surface area contributed by atoms with Crippen LogP contribution in [-0.2, 0) is 9.53 Å². The number of rotatable bonds is 6. The first-order chi connectivity index (χ1) is 8.22. The van der Waals surface area contributed by atoms with Gasteiger partial charge in [-0.3, -0.25) is 4.79 Å². The molecule has 0 saturated carbocycles. The molecule has 1 aromatic rings. The molecular formula is C12H15NO4. The van der Waals surface area contributed by atoms with E-state index in [0.29, 0.717) is 30.0 Å². The van der Waals surface area contributed by atoms with Crippen molar-refractivity contribution < 1.29 is 19.1 Å². The van der Waals surface area contributed by atoms with Crippen LogP contribution in [0.1, 0.15) is 23.7 Å². The number of ether oxygens (including phenoxy) is 2. The van der Waals surface area contributed by atoms with Crippen molar-refractivity contribution in [2.45, 2.75) is 13.3 Å². The van der Waals surface area contributed by atoms with E-state index < -0.39 is 5.97 Å². The zero-order valence-electron chi connectivity index (χ0n) is 9.86. The van der Waals surface area contributed by atoms with Crippen molar-refractivity contribution in [2.75, 3.05) is 19.0 Å². The Labute approximate surface area is 99.7 Å². The van der Waals surface area contributed by atoms with Crippen LogP contribution < -0.4 is 10.1 Å². The fourth-order valence-electron chi connectivity index (χ4n) is 1.29. The Hall–Kier alpha value is -2.04. The second kappa shape index (κ2) is 6.52. The molecule has 0 heterocycles. The number of carbonyl (C=O) groups excluding carboxylic acids is 2. The molecule has 1 aromatic carbocycles. The lowest BCUT2D eigenvalue weighted by Crippen LogP contribution is -2.05. The van der Waals surface area contributed by atoms with Gasteiger partial charge in [0.15, 0.2) is 0 Å². The molecule has 1 rings (SSSR count). The van der Waals surface area contributed by atoms with Crippen LogP contribution in [-0.4, -0.2) is 26.1 Å². The van der Waals surface area contributed by atoms with Crippen molar-refractivity contribution in [1.29, 1.82) is 0 Å². The molecule has 0 aliphatic rings. The van der Waals surface area contributed by atoms with Crippen LogP contribution in [0.15, 0.2) is 18.2 Å². The first-order valence-electron chi connectivity index (χ1n) is 5.28. The summed E-state index contributed by atoms with van der Waals surface area (Å²) in [6, 6.07) is 4.74. The van der Waals surface area contributed by atoms with Crippen molar-refractivity contribution in [3.63, 3.8) is 0 Å². The van der Waals surface area contributed by atoms with Gasteiger partial charge in [0.1, 0.15) is 5.75 Å². The van der Waals surface area contributed by atoms with Crippen LogP contribution in [0.25, 0.3) is 0 Å². The standard InChI is InChI=1S/C12H15NO4/c1-3-6-17-11-5-4-9(12(15)16-2)7-10(11)13-8-14/h4-5,7-8H,3,6H2,1-2H3,(H,13,14). The van der Waals surface area contributed by atoms with Gasteiger partial charge >= 0.3 is 5.97 Å². The molecule has 0 spiro atoms. The Morgan fingerprint density at radius 2 is 2.24 bits per heavy atom. The summed E-state index contributed by atoms with van der Waals surface area (Å²) in [5.41, 5.74) is 0.817. The number of methoxy groups -OCH3 is 1. The lowest BCUT2D eigenvalue weighted by molar-refractivity contribution is -0.105. The molecule has 0 bridgehead atoms. The molecule has 0 unspecified atom stereocenters. The van der Waals surface area contributed by atoms with Crippen molar-refractivity contribution >= 4 is 18.1 Å². The molecule has 0 atom stereocenters. The highest BCUT2D eigenvalue weighted by atomic mass is 16.5. The van der Waals surface area contributed by atoms with E-state index in [0.717, 1.165) is 6.42 Å². The highest BCUT2D eigenvalue weighted by Gasteiger charge is 2.10. The van der Waals surface area contributed by atoms with Crippen molar-refractivity contribution in [3.05, 3.63) is 23.8 Å². The average Bonchev–Trinajstić information content (AvgIpc) is 2.36. The fraction of sp³-hybridized carbons (Fsp3) is 0.333.